The first-order valence-electron chi connectivity index (χ1n) is 5.46. The number of rotatable bonds is 0. The van der Waals surface area contributed by atoms with Crippen molar-refractivity contribution in [2.24, 2.45) is 0 Å². The highest BCUT2D eigenvalue weighted by Crippen LogP contribution is 2.42. The second kappa shape index (κ2) is 3.79. The largest absolute Gasteiger partial charge is 0.606 e. The molecule has 0 saturated heterocycles. The fourth-order valence-corrected chi connectivity index (χ4v) is 3.23. The zero-order valence-corrected chi connectivity index (χ0v) is 10.5. The van der Waals surface area contributed by atoms with Crippen molar-refractivity contribution >= 4 is 11.2 Å². The maximum absolute atomic E-state index is 12.4. The fourth-order valence-electron chi connectivity index (χ4n) is 1.93. The second-order valence-corrected chi connectivity index (χ2v) is 5.69. The Labute approximate surface area is 103 Å². The van der Waals surface area contributed by atoms with Crippen LogP contribution in [0.2, 0.25) is 0 Å². The standard InChI is InChI=1S/C14H12O2S/c1-9-4-6-13-12(7-9)16-11-5-3-10(2)8-14(11)17(13)15/h3-8H,1-2H3. The number of benzene rings is 2. The molecule has 2 aromatic rings. The number of ether oxygens (including phenoxy) is 1. The van der Waals surface area contributed by atoms with Gasteiger partial charge in [0.1, 0.15) is 0 Å². The molecule has 0 aliphatic carbocycles. The van der Waals surface area contributed by atoms with Crippen molar-refractivity contribution in [1.82, 2.24) is 0 Å². The van der Waals surface area contributed by atoms with Gasteiger partial charge in [-0.3, -0.25) is 0 Å². The van der Waals surface area contributed by atoms with Crippen LogP contribution in [0.25, 0.3) is 0 Å². The predicted molar refractivity (Wildman–Crippen MR) is 67.1 cm³/mol. The van der Waals surface area contributed by atoms with Crippen molar-refractivity contribution in [2.75, 3.05) is 0 Å². The first-order chi connectivity index (χ1) is 8.15. The Kier molecular flexibility index (Phi) is 2.38. The van der Waals surface area contributed by atoms with E-state index in [2.05, 4.69) is 0 Å². The first kappa shape index (κ1) is 10.7. The smallest absolute Gasteiger partial charge is 0.201 e. The Hall–Kier alpha value is -1.45. The minimum atomic E-state index is -1.13. The second-order valence-electron chi connectivity index (χ2n) is 4.27. The van der Waals surface area contributed by atoms with Crippen LogP contribution in [0.5, 0.6) is 11.5 Å². The van der Waals surface area contributed by atoms with Gasteiger partial charge in [0.2, 0.25) is 9.79 Å². The van der Waals surface area contributed by atoms with Gasteiger partial charge >= 0.3 is 0 Å². The summed E-state index contributed by atoms with van der Waals surface area (Å²) in [6.07, 6.45) is 0. The maximum atomic E-state index is 12.4. The molecular formula is C14H12O2S. The van der Waals surface area contributed by atoms with E-state index in [1.807, 2.05) is 50.2 Å². The molecule has 0 amide bonds. The van der Waals surface area contributed by atoms with E-state index in [4.69, 9.17) is 4.74 Å². The van der Waals surface area contributed by atoms with Crippen molar-refractivity contribution in [3.63, 3.8) is 0 Å². The molecule has 0 saturated carbocycles. The monoisotopic (exact) mass is 244 g/mol. The molecule has 0 radical (unpaired) electrons. The summed E-state index contributed by atoms with van der Waals surface area (Å²) in [4.78, 5) is 1.52. The molecule has 0 fully saturated rings. The van der Waals surface area contributed by atoms with Gasteiger partial charge in [0.25, 0.3) is 0 Å². The highest BCUT2D eigenvalue weighted by Gasteiger charge is 2.30. The summed E-state index contributed by atoms with van der Waals surface area (Å²) >= 11 is -1.13. The summed E-state index contributed by atoms with van der Waals surface area (Å²) in [5.74, 6) is 1.41. The van der Waals surface area contributed by atoms with Gasteiger partial charge in [0, 0.05) is 17.2 Å². The molecule has 1 atom stereocenters. The molecular weight excluding hydrogens is 232 g/mol. The van der Waals surface area contributed by atoms with Gasteiger partial charge in [-0.1, -0.05) is 12.1 Å². The number of aryl methyl sites for hydroxylation is 2. The molecule has 0 aromatic heterocycles. The van der Waals surface area contributed by atoms with Gasteiger partial charge in [0.05, 0.1) is 0 Å². The number of hydrogen-bond acceptors (Lipinski definition) is 2. The Morgan fingerprint density at radius 2 is 1.59 bits per heavy atom. The van der Waals surface area contributed by atoms with Crippen LogP contribution in [0.1, 0.15) is 11.1 Å². The van der Waals surface area contributed by atoms with Crippen LogP contribution in [0.15, 0.2) is 46.2 Å². The van der Waals surface area contributed by atoms with Crippen molar-refractivity contribution in [1.29, 1.82) is 0 Å². The zero-order valence-electron chi connectivity index (χ0n) is 9.69. The third-order valence-electron chi connectivity index (χ3n) is 2.82. The summed E-state index contributed by atoms with van der Waals surface area (Å²) in [5, 5.41) is 0. The predicted octanol–water partition coefficient (Wildman–Crippen LogP) is 3.58. The van der Waals surface area contributed by atoms with Gasteiger partial charge in [-0.2, -0.15) is 0 Å². The van der Waals surface area contributed by atoms with E-state index in [1.54, 1.807) is 0 Å². The van der Waals surface area contributed by atoms with Crippen molar-refractivity contribution in [2.45, 2.75) is 23.6 Å². The molecule has 0 N–H and O–H groups in total. The molecule has 2 aromatic carbocycles. The minimum Gasteiger partial charge on any atom is -0.606 e. The summed E-state index contributed by atoms with van der Waals surface area (Å²) in [5.41, 5.74) is 2.20. The Bertz CT molecular complexity index is 593. The molecule has 86 valence electrons. The summed E-state index contributed by atoms with van der Waals surface area (Å²) < 4.78 is 18.2. The Morgan fingerprint density at radius 3 is 2.41 bits per heavy atom. The SMILES string of the molecule is Cc1ccc2c(c1)Oc1ccc(C)cc1[S+]2[O-]. The Balaban J connectivity index is 2.17. The number of fused-ring (bicyclic) bond motifs is 2. The fraction of sp³-hybridized carbons (Fsp3) is 0.143. The lowest BCUT2D eigenvalue weighted by Crippen LogP contribution is -2.11. The molecule has 17 heavy (non-hydrogen) atoms. The van der Waals surface area contributed by atoms with E-state index in [1.165, 1.54) is 0 Å². The van der Waals surface area contributed by atoms with Crippen LogP contribution in [0.3, 0.4) is 0 Å². The molecule has 3 rings (SSSR count). The third kappa shape index (κ3) is 1.72. The van der Waals surface area contributed by atoms with E-state index in [0.29, 0.717) is 11.5 Å². The molecule has 0 bridgehead atoms. The van der Waals surface area contributed by atoms with Crippen molar-refractivity contribution < 1.29 is 9.29 Å². The van der Waals surface area contributed by atoms with Crippen LogP contribution in [0.4, 0.5) is 0 Å². The lowest BCUT2D eigenvalue weighted by molar-refractivity contribution is 0.442. The summed E-state index contributed by atoms with van der Waals surface area (Å²) in [6.45, 7) is 3.99. The van der Waals surface area contributed by atoms with Gasteiger partial charge in [-0.15, -0.1) is 0 Å². The lowest BCUT2D eigenvalue weighted by atomic mass is 10.2. The number of hydrogen-bond donors (Lipinski definition) is 0. The highest BCUT2D eigenvalue weighted by atomic mass is 32.2. The van der Waals surface area contributed by atoms with E-state index in [9.17, 15) is 4.55 Å². The Morgan fingerprint density at radius 1 is 0.882 bits per heavy atom. The lowest BCUT2D eigenvalue weighted by Gasteiger charge is -2.22. The van der Waals surface area contributed by atoms with Crippen molar-refractivity contribution in [3.8, 4) is 11.5 Å². The summed E-state index contributed by atoms with van der Waals surface area (Å²) in [6, 6.07) is 11.5. The van der Waals surface area contributed by atoms with Crippen LogP contribution < -0.4 is 4.74 Å². The highest BCUT2D eigenvalue weighted by molar-refractivity contribution is 7.91. The van der Waals surface area contributed by atoms with E-state index in [0.717, 1.165) is 20.9 Å². The molecule has 1 unspecified atom stereocenters. The molecule has 1 aliphatic rings. The van der Waals surface area contributed by atoms with Crippen molar-refractivity contribution in [3.05, 3.63) is 47.5 Å². The topological polar surface area (TPSA) is 32.3 Å². The average molecular weight is 244 g/mol. The third-order valence-corrected chi connectivity index (χ3v) is 4.27. The quantitative estimate of drug-likeness (QED) is 0.663. The maximum Gasteiger partial charge on any atom is 0.201 e. The van der Waals surface area contributed by atoms with Crippen LogP contribution in [0, 0.1) is 13.8 Å². The van der Waals surface area contributed by atoms with Gasteiger partial charge < -0.3 is 9.29 Å². The normalized spacial score (nSPS) is 17.0. The molecule has 2 nitrogen and oxygen atoms in total. The van der Waals surface area contributed by atoms with E-state index >= 15 is 0 Å². The van der Waals surface area contributed by atoms with Gasteiger partial charge in [-0.05, 0) is 43.2 Å². The molecule has 1 heterocycles. The van der Waals surface area contributed by atoms with Crippen LogP contribution in [-0.4, -0.2) is 4.55 Å². The van der Waals surface area contributed by atoms with E-state index < -0.39 is 11.2 Å². The molecule has 0 spiro atoms. The average Bonchev–Trinajstić information content (AvgIpc) is 2.30. The van der Waals surface area contributed by atoms with E-state index in [-0.39, 0.29) is 0 Å². The summed E-state index contributed by atoms with van der Waals surface area (Å²) in [7, 11) is 0. The molecule has 3 heteroatoms. The zero-order chi connectivity index (χ0) is 12.0. The van der Waals surface area contributed by atoms with Crippen LogP contribution >= 0.6 is 0 Å². The minimum absolute atomic E-state index is 0.701. The first-order valence-corrected chi connectivity index (χ1v) is 6.61. The molecule has 1 aliphatic heterocycles. The van der Waals surface area contributed by atoms with Crippen LogP contribution in [-0.2, 0) is 11.2 Å². The van der Waals surface area contributed by atoms with Gasteiger partial charge in [-0.25, -0.2) is 0 Å². The van der Waals surface area contributed by atoms with Gasteiger partial charge in [0.15, 0.2) is 11.5 Å².